The molecule has 3 aromatic rings. The van der Waals surface area contributed by atoms with Crippen molar-refractivity contribution < 1.29 is 9.31 Å². The zero-order valence-electron chi connectivity index (χ0n) is 19.7. The second-order valence-electron chi connectivity index (χ2n) is 11.9. The molecule has 32 heavy (non-hydrogen) atoms. The largest absolute Gasteiger partial charge is 0.495 e. The van der Waals surface area contributed by atoms with E-state index in [9.17, 15) is 0 Å². The van der Waals surface area contributed by atoms with Gasteiger partial charge >= 0.3 is 7.12 Å². The van der Waals surface area contributed by atoms with Crippen LogP contribution in [0.4, 0.5) is 0 Å². The number of nitrogens with zero attached hydrogens (tertiary/aromatic N) is 1. The summed E-state index contributed by atoms with van der Waals surface area (Å²) in [7, 11) is -0.353. The van der Waals surface area contributed by atoms with Crippen molar-refractivity contribution in [3.05, 3.63) is 47.7 Å². The molecule has 4 heteroatoms. The van der Waals surface area contributed by atoms with E-state index in [0.29, 0.717) is 0 Å². The molecule has 1 saturated heterocycles. The minimum Gasteiger partial charge on any atom is -0.399 e. The van der Waals surface area contributed by atoms with Gasteiger partial charge in [0.2, 0.25) is 0 Å². The highest BCUT2D eigenvalue weighted by Crippen LogP contribution is 2.57. The standard InChI is InChI=1S/C28H32BNO2/c1-27(2)28(3,4)32-29(31-27)24-7-5-6-21-20(24)8-9-22-25-19-13-16-10-17(14-19)12-18(11-16)23(25)15-30-26(21)22/h5-9,15-19H,10-14H2,1-4H3. The van der Waals surface area contributed by atoms with E-state index >= 15 is 0 Å². The molecular formula is C28H32BNO2. The van der Waals surface area contributed by atoms with Crippen LogP contribution in [0.2, 0.25) is 0 Å². The third-order valence-electron chi connectivity index (χ3n) is 9.49. The van der Waals surface area contributed by atoms with E-state index in [2.05, 4.69) is 64.2 Å². The maximum Gasteiger partial charge on any atom is 0.495 e. The number of hydrogen-bond donors (Lipinski definition) is 0. The van der Waals surface area contributed by atoms with Gasteiger partial charge in [0.15, 0.2) is 0 Å². The zero-order chi connectivity index (χ0) is 21.8. The van der Waals surface area contributed by atoms with Gasteiger partial charge in [0.05, 0.1) is 16.7 Å². The van der Waals surface area contributed by atoms with Crippen molar-refractivity contribution in [1.82, 2.24) is 4.98 Å². The summed E-state index contributed by atoms with van der Waals surface area (Å²) >= 11 is 0. The average Bonchev–Trinajstić information content (AvgIpc) is 2.84. The number of hydrogen-bond acceptors (Lipinski definition) is 3. The Morgan fingerprint density at radius 1 is 0.781 bits per heavy atom. The maximum atomic E-state index is 6.41. The maximum absolute atomic E-state index is 6.41. The molecule has 8 rings (SSSR count). The Hall–Kier alpha value is -1.91. The normalized spacial score (nSPS) is 31.9. The molecule has 164 valence electrons. The third-order valence-corrected chi connectivity index (χ3v) is 9.49. The summed E-state index contributed by atoms with van der Waals surface area (Å²) < 4.78 is 12.8. The van der Waals surface area contributed by atoms with Crippen molar-refractivity contribution in [3.8, 4) is 0 Å². The van der Waals surface area contributed by atoms with Crippen LogP contribution in [-0.2, 0) is 9.31 Å². The minimum absolute atomic E-state index is 0.343. The molecule has 3 fully saturated rings. The van der Waals surface area contributed by atoms with E-state index in [4.69, 9.17) is 14.3 Å². The predicted molar refractivity (Wildman–Crippen MR) is 131 cm³/mol. The third kappa shape index (κ3) is 2.60. The summed E-state index contributed by atoms with van der Waals surface area (Å²) in [5.41, 5.74) is 4.77. The Morgan fingerprint density at radius 2 is 1.44 bits per heavy atom. The van der Waals surface area contributed by atoms with Crippen molar-refractivity contribution in [2.45, 2.75) is 82.8 Å². The SMILES string of the molecule is CC1(C)OB(c2cccc3c2ccc2c4c(cnc23)C2CC3CC(C2)CC4C3)OC1(C)C. The van der Waals surface area contributed by atoms with Crippen LogP contribution in [0, 0.1) is 11.8 Å². The average molecular weight is 425 g/mol. The smallest absolute Gasteiger partial charge is 0.399 e. The summed E-state index contributed by atoms with van der Waals surface area (Å²) in [6.45, 7) is 8.47. The molecule has 0 N–H and O–H groups in total. The summed E-state index contributed by atoms with van der Waals surface area (Å²) in [6.07, 6.45) is 9.23. The molecule has 2 unspecified atom stereocenters. The van der Waals surface area contributed by atoms with Crippen molar-refractivity contribution in [3.63, 3.8) is 0 Å². The molecule has 2 atom stereocenters. The van der Waals surface area contributed by atoms with Crippen LogP contribution in [0.25, 0.3) is 21.7 Å². The van der Waals surface area contributed by atoms with Crippen LogP contribution < -0.4 is 5.46 Å². The van der Waals surface area contributed by atoms with E-state index in [0.717, 1.165) is 34.7 Å². The first kappa shape index (κ1) is 19.6. The quantitative estimate of drug-likeness (QED) is 0.350. The second kappa shape index (κ2) is 6.36. The monoisotopic (exact) mass is 425 g/mol. The van der Waals surface area contributed by atoms with E-state index in [-0.39, 0.29) is 18.3 Å². The lowest BCUT2D eigenvalue weighted by atomic mass is 9.67. The van der Waals surface area contributed by atoms with Crippen LogP contribution in [0.5, 0.6) is 0 Å². The lowest BCUT2D eigenvalue weighted by Gasteiger charge is -2.38. The molecule has 2 saturated carbocycles. The number of fused-ring (bicyclic) bond motifs is 3. The van der Waals surface area contributed by atoms with Crippen LogP contribution in [0.3, 0.4) is 0 Å². The minimum atomic E-state index is -0.353. The Kier molecular flexibility index (Phi) is 3.89. The Bertz CT molecular complexity index is 1240. The van der Waals surface area contributed by atoms with Gasteiger partial charge in [-0.25, -0.2) is 0 Å². The van der Waals surface area contributed by atoms with Crippen LogP contribution in [0.1, 0.15) is 82.8 Å². The van der Waals surface area contributed by atoms with Crippen LogP contribution in [0.15, 0.2) is 36.5 Å². The van der Waals surface area contributed by atoms with Crippen LogP contribution in [-0.4, -0.2) is 23.3 Å². The van der Waals surface area contributed by atoms with Gasteiger partial charge in [-0.2, -0.15) is 0 Å². The van der Waals surface area contributed by atoms with E-state index in [1.165, 1.54) is 48.3 Å². The van der Waals surface area contributed by atoms with Crippen molar-refractivity contribution in [1.29, 1.82) is 0 Å². The molecule has 2 aromatic carbocycles. The number of benzene rings is 2. The molecule has 0 radical (unpaired) electrons. The topological polar surface area (TPSA) is 31.4 Å². The fourth-order valence-electron chi connectivity index (χ4n) is 7.38. The van der Waals surface area contributed by atoms with Crippen molar-refractivity contribution in [2.75, 3.05) is 0 Å². The van der Waals surface area contributed by atoms with Gasteiger partial charge in [0.25, 0.3) is 0 Å². The second-order valence-corrected chi connectivity index (χ2v) is 11.9. The van der Waals surface area contributed by atoms with Crippen molar-refractivity contribution in [2.24, 2.45) is 11.8 Å². The zero-order valence-corrected chi connectivity index (χ0v) is 19.7. The van der Waals surface area contributed by atoms with E-state index < -0.39 is 0 Å². The molecule has 4 aliphatic carbocycles. The number of rotatable bonds is 1. The van der Waals surface area contributed by atoms with E-state index in [1.54, 1.807) is 11.1 Å². The van der Waals surface area contributed by atoms with Gasteiger partial charge in [-0.15, -0.1) is 0 Å². The fourth-order valence-corrected chi connectivity index (χ4v) is 7.38. The molecule has 3 nitrogen and oxygen atoms in total. The van der Waals surface area contributed by atoms with E-state index in [1.807, 2.05) is 0 Å². The molecule has 1 aliphatic heterocycles. The van der Waals surface area contributed by atoms with Gasteiger partial charge in [0, 0.05) is 17.0 Å². The predicted octanol–water partition coefficient (Wildman–Crippen LogP) is 6.08. The van der Waals surface area contributed by atoms with Crippen LogP contribution >= 0.6 is 0 Å². The summed E-state index contributed by atoms with van der Waals surface area (Å²) in [5.74, 6) is 3.30. The van der Waals surface area contributed by atoms with Gasteiger partial charge in [-0.3, -0.25) is 4.98 Å². The Balaban J connectivity index is 1.41. The first-order valence-corrected chi connectivity index (χ1v) is 12.5. The molecule has 1 aromatic heterocycles. The van der Waals surface area contributed by atoms with Gasteiger partial charge in [-0.05, 0) is 105 Å². The first-order valence-electron chi connectivity index (χ1n) is 12.5. The van der Waals surface area contributed by atoms with Gasteiger partial charge in [0.1, 0.15) is 0 Å². The first-order chi connectivity index (χ1) is 15.3. The highest BCUT2D eigenvalue weighted by atomic mass is 16.7. The molecule has 2 heterocycles. The molecule has 4 bridgehead atoms. The van der Waals surface area contributed by atoms with Gasteiger partial charge in [-0.1, -0.05) is 30.3 Å². The van der Waals surface area contributed by atoms with Gasteiger partial charge < -0.3 is 9.31 Å². The lowest BCUT2D eigenvalue weighted by molar-refractivity contribution is 0.00578. The molecular weight excluding hydrogens is 393 g/mol. The summed E-state index contributed by atoms with van der Waals surface area (Å²) in [4.78, 5) is 5.11. The number of aromatic nitrogens is 1. The highest BCUT2D eigenvalue weighted by Gasteiger charge is 2.52. The number of pyridine rings is 1. The Morgan fingerprint density at radius 3 is 2.16 bits per heavy atom. The summed E-state index contributed by atoms with van der Waals surface area (Å²) in [6, 6.07) is 11.2. The highest BCUT2D eigenvalue weighted by molar-refractivity contribution is 6.65. The molecule has 0 amide bonds. The fraction of sp³-hybridized carbons (Fsp3) is 0.536. The lowest BCUT2D eigenvalue weighted by Crippen LogP contribution is -2.41. The molecule has 0 spiro atoms. The summed E-state index contributed by atoms with van der Waals surface area (Å²) in [5, 5.41) is 3.81. The Labute approximate surface area is 191 Å². The van der Waals surface area contributed by atoms with Crippen molar-refractivity contribution >= 4 is 34.3 Å². The molecule has 5 aliphatic rings.